The van der Waals surface area contributed by atoms with E-state index in [1.807, 2.05) is 53.8 Å². The summed E-state index contributed by atoms with van der Waals surface area (Å²) < 4.78 is 3.89. The molecule has 0 aliphatic heterocycles. The van der Waals surface area contributed by atoms with Gasteiger partial charge in [0.25, 0.3) is 0 Å². The Labute approximate surface area is 93.7 Å². The summed E-state index contributed by atoms with van der Waals surface area (Å²) in [6, 6.07) is 5.82. The number of aryl methyl sites for hydroxylation is 1. The standard InChI is InChI=1S/C12H14N2O2/c1-13-6-5-9(8-13)11-4-3-10(14(11)2)7-12(15)16/h3-6,8H,7H2,1-2H3,(H,15,16). The number of rotatable bonds is 3. The van der Waals surface area contributed by atoms with Crippen LogP contribution in [-0.2, 0) is 25.3 Å². The third kappa shape index (κ3) is 1.86. The van der Waals surface area contributed by atoms with Gasteiger partial charge in [-0.2, -0.15) is 0 Å². The van der Waals surface area contributed by atoms with Gasteiger partial charge < -0.3 is 14.2 Å². The molecule has 0 aromatic carbocycles. The van der Waals surface area contributed by atoms with Crippen molar-refractivity contribution < 1.29 is 9.90 Å². The van der Waals surface area contributed by atoms with Crippen molar-refractivity contribution in [2.45, 2.75) is 6.42 Å². The zero-order valence-corrected chi connectivity index (χ0v) is 9.34. The predicted molar refractivity (Wildman–Crippen MR) is 61.2 cm³/mol. The average molecular weight is 218 g/mol. The molecule has 0 bridgehead atoms. The lowest BCUT2D eigenvalue weighted by atomic mass is 10.2. The highest BCUT2D eigenvalue weighted by molar-refractivity contribution is 5.71. The molecule has 0 saturated heterocycles. The molecule has 2 rings (SSSR count). The first-order valence-electron chi connectivity index (χ1n) is 5.06. The van der Waals surface area contributed by atoms with E-state index in [1.54, 1.807) is 0 Å². The Hall–Kier alpha value is -1.97. The molecule has 0 spiro atoms. The molecule has 0 aliphatic carbocycles. The van der Waals surface area contributed by atoms with E-state index in [4.69, 9.17) is 5.11 Å². The first-order chi connectivity index (χ1) is 7.58. The summed E-state index contributed by atoms with van der Waals surface area (Å²) in [7, 11) is 3.85. The van der Waals surface area contributed by atoms with E-state index >= 15 is 0 Å². The Balaban J connectivity index is 2.36. The molecule has 0 aliphatic rings. The van der Waals surface area contributed by atoms with E-state index in [-0.39, 0.29) is 6.42 Å². The molecule has 0 radical (unpaired) electrons. The second kappa shape index (κ2) is 3.89. The molecular formula is C12H14N2O2. The Kier molecular flexibility index (Phi) is 2.56. The van der Waals surface area contributed by atoms with Crippen LogP contribution in [0, 0.1) is 0 Å². The van der Waals surface area contributed by atoms with Gasteiger partial charge in [0, 0.05) is 43.4 Å². The van der Waals surface area contributed by atoms with Crippen LogP contribution in [0.1, 0.15) is 5.69 Å². The third-order valence-electron chi connectivity index (χ3n) is 2.69. The van der Waals surface area contributed by atoms with Crippen molar-refractivity contribution in [2.75, 3.05) is 0 Å². The average Bonchev–Trinajstić information content (AvgIpc) is 2.74. The van der Waals surface area contributed by atoms with E-state index in [9.17, 15) is 4.79 Å². The van der Waals surface area contributed by atoms with Gasteiger partial charge in [-0.3, -0.25) is 4.79 Å². The minimum atomic E-state index is -0.805. The second-order valence-corrected chi connectivity index (χ2v) is 3.91. The molecule has 0 amide bonds. The van der Waals surface area contributed by atoms with Crippen molar-refractivity contribution in [3.8, 4) is 11.3 Å². The molecular weight excluding hydrogens is 204 g/mol. The number of carboxylic acids is 1. The molecule has 4 nitrogen and oxygen atoms in total. The fraction of sp³-hybridized carbons (Fsp3) is 0.250. The lowest BCUT2D eigenvalue weighted by Crippen LogP contribution is -2.05. The van der Waals surface area contributed by atoms with E-state index in [0.717, 1.165) is 17.0 Å². The summed E-state index contributed by atoms with van der Waals surface area (Å²) in [5.74, 6) is -0.805. The second-order valence-electron chi connectivity index (χ2n) is 3.91. The Morgan fingerprint density at radius 2 is 2.06 bits per heavy atom. The molecule has 4 heteroatoms. The van der Waals surface area contributed by atoms with E-state index < -0.39 is 5.97 Å². The topological polar surface area (TPSA) is 47.2 Å². The number of hydrogen-bond donors (Lipinski definition) is 1. The highest BCUT2D eigenvalue weighted by Crippen LogP contribution is 2.21. The van der Waals surface area contributed by atoms with Gasteiger partial charge in [0.1, 0.15) is 0 Å². The van der Waals surface area contributed by atoms with Crippen LogP contribution in [0.15, 0.2) is 30.6 Å². The SMILES string of the molecule is Cn1ccc(-c2ccc(CC(=O)O)n2C)c1. The molecule has 0 fully saturated rings. The summed E-state index contributed by atoms with van der Waals surface area (Å²) in [4.78, 5) is 10.7. The Morgan fingerprint density at radius 1 is 1.31 bits per heavy atom. The van der Waals surface area contributed by atoms with Crippen molar-refractivity contribution in [2.24, 2.45) is 14.1 Å². The van der Waals surface area contributed by atoms with Crippen LogP contribution < -0.4 is 0 Å². The van der Waals surface area contributed by atoms with Crippen molar-refractivity contribution in [1.29, 1.82) is 0 Å². The number of aliphatic carboxylic acids is 1. The largest absolute Gasteiger partial charge is 0.481 e. The number of hydrogen-bond acceptors (Lipinski definition) is 1. The molecule has 2 aromatic heterocycles. The van der Waals surface area contributed by atoms with Crippen LogP contribution in [-0.4, -0.2) is 20.2 Å². The van der Waals surface area contributed by atoms with Crippen molar-refractivity contribution in [3.05, 3.63) is 36.3 Å². The number of carbonyl (C=O) groups is 1. The number of nitrogens with zero attached hydrogens (tertiary/aromatic N) is 2. The summed E-state index contributed by atoms with van der Waals surface area (Å²) in [5.41, 5.74) is 2.95. The van der Waals surface area contributed by atoms with Crippen molar-refractivity contribution in [1.82, 2.24) is 9.13 Å². The summed E-state index contributed by atoms with van der Waals surface area (Å²) in [6.07, 6.45) is 4.04. The normalized spacial score (nSPS) is 10.6. The zero-order chi connectivity index (χ0) is 11.7. The lowest BCUT2D eigenvalue weighted by Gasteiger charge is -2.04. The van der Waals surface area contributed by atoms with Gasteiger partial charge in [-0.25, -0.2) is 0 Å². The summed E-state index contributed by atoms with van der Waals surface area (Å²) in [6.45, 7) is 0. The first-order valence-corrected chi connectivity index (χ1v) is 5.06. The van der Waals surface area contributed by atoms with Gasteiger partial charge in [0.2, 0.25) is 0 Å². The highest BCUT2D eigenvalue weighted by Gasteiger charge is 2.09. The monoisotopic (exact) mass is 218 g/mol. The van der Waals surface area contributed by atoms with Crippen LogP contribution >= 0.6 is 0 Å². The quantitative estimate of drug-likeness (QED) is 0.851. The highest BCUT2D eigenvalue weighted by atomic mass is 16.4. The molecule has 16 heavy (non-hydrogen) atoms. The predicted octanol–water partition coefficient (Wildman–Crippen LogP) is 1.66. The molecule has 84 valence electrons. The third-order valence-corrected chi connectivity index (χ3v) is 2.69. The molecule has 1 N–H and O–H groups in total. The smallest absolute Gasteiger partial charge is 0.309 e. The van der Waals surface area contributed by atoms with E-state index in [2.05, 4.69) is 0 Å². The van der Waals surface area contributed by atoms with Crippen LogP contribution in [0.3, 0.4) is 0 Å². The summed E-state index contributed by atoms with van der Waals surface area (Å²) in [5, 5.41) is 8.76. The van der Waals surface area contributed by atoms with Crippen LogP contribution in [0.4, 0.5) is 0 Å². The molecule has 0 saturated carbocycles. The first kappa shape index (κ1) is 10.5. The zero-order valence-electron chi connectivity index (χ0n) is 9.34. The van der Waals surface area contributed by atoms with Gasteiger partial charge in [-0.15, -0.1) is 0 Å². The van der Waals surface area contributed by atoms with Crippen LogP contribution in [0.2, 0.25) is 0 Å². The van der Waals surface area contributed by atoms with Gasteiger partial charge in [0.05, 0.1) is 6.42 Å². The molecule has 2 aromatic rings. The summed E-state index contributed by atoms with van der Waals surface area (Å²) >= 11 is 0. The fourth-order valence-corrected chi connectivity index (χ4v) is 1.83. The van der Waals surface area contributed by atoms with Crippen LogP contribution in [0.5, 0.6) is 0 Å². The molecule has 0 atom stereocenters. The molecule has 2 heterocycles. The van der Waals surface area contributed by atoms with E-state index in [0.29, 0.717) is 0 Å². The number of carboxylic acid groups (broad SMARTS) is 1. The van der Waals surface area contributed by atoms with Gasteiger partial charge in [-0.05, 0) is 18.2 Å². The lowest BCUT2D eigenvalue weighted by molar-refractivity contribution is -0.136. The minimum Gasteiger partial charge on any atom is -0.481 e. The Morgan fingerprint density at radius 3 is 2.62 bits per heavy atom. The van der Waals surface area contributed by atoms with E-state index in [1.165, 1.54) is 0 Å². The van der Waals surface area contributed by atoms with Crippen molar-refractivity contribution >= 4 is 5.97 Å². The maximum absolute atomic E-state index is 10.7. The number of aromatic nitrogens is 2. The fourth-order valence-electron chi connectivity index (χ4n) is 1.83. The van der Waals surface area contributed by atoms with Gasteiger partial charge in [-0.1, -0.05) is 0 Å². The maximum atomic E-state index is 10.7. The van der Waals surface area contributed by atoms with Crippen molar-refractivity contribution in [3.63, 3.8) is 0 Å². The minimum absolute atomic E-state index is 0.0589. The molecule has 0 unspecified atom stereocenters. The van der Waals surface area contributed by atoms with Crippen LogP contribution in [0.25, 0.3) is 11.3 Å². The maximum Gasteiger partial charge on any atom is 0.309 e. The Bertz CT molecular complexity index is 523. The van der Waals surface area contributed by atoms with Gasteiger partial charge in [0.15, 0.2) is 0 Å². The van der Waals surface area contributed by atoms with Gasteiger partial charge >= 0.3 is 5.97 Å².